The minimum Gasteiger partial charge on any atom is -0.507 e. The molecule has 0 aromatic heterocycles. The Kier molecular flexibility index (Phi) is 4.79. The van der Waals surface area contributed by atoms with Crippen molar-refractivity contribution in [3.8, 4) is 11.5 Å². The third kappa shape index (κ3) is 3.97. The van der Waals surface area contributed by atoms with Crippen LogP contribution in [0.15, 0.2) is 42.5 Å². The van der Waals surface area contributed by atoms with E-state index in [2.05, 4.69) is 5.32 Å². The molecule has 5 nitrogen and oxygen atoms in total. The zero-order valence-electron chi connectivity index (χ0n) is 11.8. The fourth-order valence-corrected chi connectivity index (χ4v) is 1.87. The monoisotopic (exact) mass is 286 g/mol. The normalized spacial score (nSPS) is 10.2. The number of carbonyl (C=O) groups excluding carboxylic acids is 1. The summed E-state index contributed by atoms with van der Waals surface area (Å²) in [6.07, 6.45) is 0. The lowest BCUT2D eigenvalue weighted by Crippen LogP contribution is -2.13. The number of hydrogen-bond acceptors (Lipinski definition) is 4. The van der Waals surface area contributed by atoms with Crippen molar-refractivity contribution >= 4 is 11.6 Å². The van der Waals surface area contributed by atoms with Crippen LogP contribution in [0.3, 0.4) is 0 Å². The number of aromatic hydroxyl groups is 1. The molecule has 0 fully saturated rings. The van der Waals surface area contributed by atoms with Crippen LogP contribution in [-0.4, -0.2) is 24.2 Å². The minimum absolute atomic E-state index is 0.0476. The predicted molar refractivity (Wildman–Crippen MR) is 81.8 cm³/mol. The van der Waals surface area contributed by atoms with E-state index in [9.17, 15) is 9.90 Å². The van der Waals surface area contributed by atoms with E-state index in [-0.39, 0.29) is 17.2 Å². The van der Waals surface area contributed by atoms with E-state index in [4.69, 9.17) is 10.5 Å². The number of ether oxygens (including phenoxy) is 1. The highest BCUT2D eigenvalue weighted by atomic mass is 16.5. The highest BCUT2D eigenvalue weighted by Crippen LogP contribution is 2.22. The fraction of sp³-hybridized carbons (Fsp3) is 0.188. The summed E-state index contributed by atoms with van der Waals surface area (Å²) in [5.41, 5.74) is 7.11. The van der Waals surface area contributed by atoms with E-state index < -0.39 is 0 Å². The zero-order chi connectivity index (χ0) is 15.2. The molecule has 0 aliphatic heterocycles. The number of phenolic OH excluding ortho intramolecular Hbond substituents is 1. The maximum atomic E-state index is 12.2. The molecule has 0 bridgehead atoms. The maximum absolute atomic E-state index is 12.2. The van der Waals surface area contributed by atoms with Crippen molar-refractivity contribution in [2.75, 3.05) is 18.5 Å². The fourth-order valence-electron chi connectivity index (χ4n) is 1.87. The van der Waals surface area contributed by atoms with Gasteiger partial charge >= 0.3 is 0 Å². The Hall–Kier alpha value is -2.53. The molecular weight excluding hydrogens is 268 g/mol. The Bertz CT molecular complexity index is 641. The second kappa shape index (κ2) is 6.76. The number of aryl methyl sites for hydroxylation is 1. The van der Waals surface area contributed by atoms with Crippen molar-refractivity contribution in [2.45, 2.75) is 6.92 Å². The van der Waals surface area contributed by atoms with Crippen molar-refractivity contribution in [2.24, 2.45) is 5.73 Å². The van der Waals surface area contributed by atoms with Crippen molar-refractivity contribution in [3.63, 3.8) is 0 Å². The molecule has 21 heavy (non-hydrogen) atoms. The van der Waals surface area contributed by atoms with Crippen LogP contribution in [0.2, 0.25) is 0 Å². The van der Waals surface area contributed by atoms with Gasteiger partial charge in [0.15, 0.2) is 0 Å². The number of hydrogen-bond donors (Lipinski definition) is 3. The average molecular weight is 286 g/mol. The first-order valence-corrected chi connectivity index (χ1v) is 6.64. The van der Waals surface area contributed by atoms with Crippen molar-refractivity contribution in [3.05, 3.63) is 53.6 Å². The van der Waals surface area contributed by atoms with E-state index >= 15 is 0 Å². The number of nitrogens with two attached hydrogens (primary N) is 1. The van der Waals surface area contributed by atoms with Crippen molar-refractivity contribution in [1.29, 1.82) is 0 Å². The Morgan fingerprint density at radius 2 is 2.10 bits per heavy atom. The summed E-state index contributed by atoms with van der Waals surface area (Å²) in [7, 11) is 0. The quantitative estimate of drug-likeness (QED) is 0.787. The molecule has 2 aromatic rings. The maximum Gasteiger partial charge on any atom is 0.259 e. The molecule has 2 aromatic carbocycles. The minimum atomic E-state index is -0.368. The molecule has 0 atom stereocenters. The van der Waals surface area contributed by atoms with Gasteiger partial charge in [0.05, 0.1) is 5.56 Å². The molecule has 4 N–H and O–H groups in total. The van der Waals surface area contributed by atoms with Gasteiger partial charge in [-0.1, -0.05) is 17.7 Å². The number of amides is 1. The van der Waals surface area contributed by atoms with Crippen molar-refractivity contribution in [1.82, 2.24) is 0 Å². The van der Waals surface area contributed by atoms with Gasteiger partial charge in [0, 0.05) is 18.3 Å². The molecule has 0 spiro atoms. The van der Waals surface area contributed by atoms with Crippen LogP contribution in [-0.2, 0) is 0 Å². The first kappa shape index (κ1) is 14.9. The molecule has 2 rings (SSSR count). The highest BCUT2D eigenvalue weighted by molar-refractivity contribution is 6.06. The lowest BCUT2D eigenvalue weighted by molar-refractivity contribution is 0.102. The molecule has 0 heterocycles. The number of phenols is 1. The summed E-state index contributed by atoms with van der Waals surface area (Å²) in [5.74, 6) is 0.215. The summed E-state index contributed by atoms with van der Waals surface area (Å²) in [6, 6.07) is 11.9. The SMILES string of the molecule is Cc1ccc(O)c(C(=O)Nc2cccc(OCCN)c2)c1. The topological polar surface area (TPSA) is 84.6 Å². The standard InChI is InChI=1S/C16H18N2O3/c1-11-5-6-15(19)14(9-11)16(20)18-12-3-2-4-13(10-12)21-8-7-17/h2-6,9-10,19H,7-8,17H2,1H3,(H,18,20). The van der Waals surface area contributed by atoms with Crippen LogP contribution in [0.4, 0.5) is 5.69 Å². The first-order chi connectivity index (χ1) is 10.1. The molecule has 110 valence electrons. The van der Waals surface area contributed by atoms with Gasteiger partial charge in [-0.2, -0.15) is 0 Å². The lowest BCUT2D eigenvalue weighted by atomic mass is 10.1. The third-order valence-corrected chi connectivity index (χ3v) is 2.88. The number of anilines is 1. The van der Waals surface area contributed by atoms with Crippen LogP contribution in [0.1, 0.15) is 15.9 Å². The second-order valence-corrected chi connectivity index (χ2v) is 4.64. The highest BCUT2D eigenvalue weighted by Gasteiger charge is 2.11. The van der Waals surface area contributed by atoms with E-state index in [0.29, 0.717) is 24.6 Å². The van der Waals surface area contributed by atoms with E-state index in [1.165, 1.54) is 6.07 Å². The molecule has 0 aliphatic carbocycles. The number of nitrogens with one attached hydrogen (secondary N) is 1. The average Bonchev–Trinajstić information content (AvgIpc) is 2.48. The van der Waals surface area contributed by atoms with Gasteiger partial charge in [0.1, 0.15) is 18.1 Å². The molecule has 0 radical (unpaired) electrons. The Labute approximate surface area is 123 Å². The van der Waals surface area contributed by atoms with E-state index in [1.807, 2.05) is 6.92 Å². The van der Waals surface area contributed by atoms with Crippen LogP contribution >= 0.6 is 0 Å². The third-order valence-electron chi connectivity index (χ3n) is 2.88. The molecule has 5 heteroatoms. The van der Waals surface area contributed by atoms with Gasteiger partial charge in [-0.05, 0) is 31.2 Å². The van der Waals surface area contributed by atoms with Gasteiger partial charge in [-0.3, -0.25) is 4.79 Å². The van der Waals surface area contributed by atoms with Crippen LogP contribution in [0.25, 0.3) is 0 Å². The molecule has 0 saturated carbocycles. The van der Waals surface area contributed by atoms with Crippen LogP contribution in [0, 0.1) is 6.92 Å². The Balaban J connectivity index is 2.14. The summed E-state index contributed by atoms with van der Waals surface area (Å²) < 4.78 is 5.40. The molecule has 0 unspecified atom stereocenters. The number of benzene rings is 2. The summed E-state index contributed by atoms with van der Waals surface area (Å²) in [5, 5.41) is 12.5. The van der Waals surface area contributed by atoms with Gasteiger partial charge in [0.2, 0.25) is 0 Å². The Morgan fingerprint density at radius 1 is 1.29 bits per heavy atom. The van der Waals surface area contributed by atoms with Gasteiger partial charge < -0.3 is 20.9 Å². The van der Waals surface area contributed by atoms with Gasteiger partial charge in [-0.25, -0.2) is 0 Å². The van der Waals surface area contributed by atoms with E-state index in [0.717, 1.165) is 5.56 Å². The number of rotatable bonds is 5. The van der Waals surface area contributed by atoms with Gasteiger partial charge in [-0.15, -0.1) is 0 Å². The van der Waals surface area contributed by atoms with Gasteiger partial charge in [0.25, 0.3) is 5.91 Å². The second-order valence-electron chi connectivity index (χ2n) is 4.64. The molecule has 0 saturated heterocycles. The van der Waals surface area contributed by atoms with Crippen molar-refractivity contribution < 1.29 is 14.6 Å². The summed E-state index contributed by atoms with van der Waals surface area (Å²) in [4.78, 5) is 12.2. The smallest absolute Gasteiger partial charge is 0.259 e. The number of carbonyl (C=O) groups is 1. The predicted octanol–water partition coefficient (Wildman–Crippen LogP) is 2.29. The lowest BCUT2D eigenvalue weighted by Gasteiger charge is -2.10. The summed E-state index contributed by atoms with van der Waals surface area (Å²) >= 11 is 0. The van der Waals surface area contributed by atoms with Crippen LogP contribution < -0.4 is 15.8 Å². The Morgan fingerprint density at radius 3 is 2.86 bits per heavy atom. The van der Waals surface area contributed by atoms with E-state index in [1.54, 1.807) is 36.4 Å². The zero-order valence-corrected chi connectivity index (χ0v) is 11.8. The summed E-state index contributed by atoms with van der Waals surface area (Å²) in [6.45, 7) is 2.70. The largest absolute Gasteiger partial charge is 0.507 e. The van der Waals surface area contributed by atoms with Crippen LogP contribution in [0.5, 0.6) is 11.5 Å². The molecule has 1 amide bonds. The molecule has 0 aliphatic rings. The molecular formula is C16H18N2O3. The first-order valence-electron chi connectivity index (χ1n) is 6.64.